The van der Waals surface area contributed by atoms with E-state index in [0.717, 1.165) is 5.56 Å². The van der Waals surface area contributed by atoms with Crippen LogP contribution >= 0.6 is 0 Å². The van der Waals surface area contributed by atoms with Crippen LogP contribution in [0.4, 0.5) is 5.69 Å². The lowest BCUT2D eigenvalue weighted by Crippen LogP contribution is -2.46. The molecule has 2 heterocycles. The predicted molar refractivity (Wildman–Crippen MR) is 122 cm³/mol. The van der Waals surface area contributed by atoms with Gasteiger partial charge < -0.3 is 23.5 Å². The van der Waals surface area contributed by atoms with Crippen molar-refractivity contribution in [3.8, 4) is 5.75 Å². The van der Waals surface area contributed by atoms with Crippen LogP contribution in [0.2, 0.25) is 0 Å². The maximum absolute atomic E-state index is 13.3. The van der Waals surface area contributed by atoms with E-state index in [4.69, 9.17) is 18.6 Å². The molecule has 0 radical (unpaired) electrons. The van der Waals surface area contributed by atoms with Crippen molar-refractivity contribution in [1.29, 1.82) is 0 Å². The second-order valence-electron chi connectivity index (χ2n) is 7.82. The van der Waals surface area contributed by atoms with E-state index in [1.165, 1.54) is 19.4 Å². The number of hydrogen-bond acceptors (Lipinski definition) is 7. The summed E-state index contributed by atoms with van der Waals surface area (Å²) in [5.74, 6) is -0.876. The molecule has 0 aliphatic carbocycles. The van der Waals surface area contributed by atoms with Crippen LogP contribution in [0.3, 0.4) is 0 Å². The number of piperidine rings is 1. The topological polar surface area (TPSA) is 95.3 Å². The van der Waals surface area contributed by atoms with E-state index in [0.29, 0.717) is 17.9 Å². The minimum absolute atomic E-state index is 0.0814. The molecule has 8 nitrogen and oxygen atoms in total. The highest BCUT2D eigenvalue weighted by molar-refractivity contribution is 5.97. The Bertz CT molecular complexity index is 1150. The maximum Gasteiger partial charge on any atom is 0.341 e. The molecule has 2 unspecified atom stereocenters. The van der Waals surface area contributed by atoms with Gasteiger partial charge in [-0.25, -0.2) is 4.79 Å². The average Bonchev–Trinajstić information content (AvgIpc) is 3.36. The first kappa shape index (κ1) is 23.1. The third-order valence-electron chi connectivity index (χ3n) is 5.89. The normalized spacial score (nSPS) is 17.8. The van der Waals surface area contributed by atoms with Gasteiger partial charge in [0.25, 0.3) is 0 Å². The number of hydrogen-bond donors (Lipinski definition) is 0. The lowest BCUT2D eigenvalue weighted by molar-refractivity contribution is -0.152. The number of nitrogens with zero attached hydrogens (tertiary/aromatic N) is 1. The number of ether oxygens (including phenoxy) is 3. The molecule has 1 saturated heterocycles. The summed E-state index contributed by atoms with van der Waals surface area (Å²) in [6.45, 7) is -0.218. The number of methoxy groups -OCH3 is 2. The zero-order chi connectivity index (χ0) is 24.1. The van der Waals surface area contributed by atoms with Crippen molar-refractivity contribution >= 4 is 23.5 Å². The van der Waals surface area contributed by atoms with Crippen LogP contribution in [0.1, 0.15) is 40.6 Å². The molecule has 1 aromatic heterocycles. The van der Waals surface area contributed by atoms with Crippen molar-refractivity contribution in [2.24, 2.45) is 5.92 Å². The SMILES string of the molecule is COC(=O)c1ccoc1COC(=O)C1CCC(=O)N(c2ccc(OC)cc2)C1c1ccccc1. The summed E-state index contributed by atoms with van der Waals surface area (Å²) >= 11 is 0. The van der Waals surface area contributed by atoms with Gasteiger partial charge in [-0.1, -0.05) is 30.3 Å². The van der Waals surface area contributed by atoms with Gasteiger partial charge in [-0.3, -0.25) is 9.59 Å². The number of esters is 2. The summed E-state index contributed by atoms with van der Waals surface area (Å²) in [5, 5.41) is 0. The largest absolute Gasteiger partial charge is 0.497 e. The van der Waals surface area contributed by atoms with E-state index < -0.39 is 23.9 Å². The summed E-state index contributed by atoms with van der Waals surface area (Å²) in [6.07, 6.45) is 1.88. The molecular formula is C26H25NO7. The van der Waals surface area contributed by atoms with Gasteiger partial charge in [0.15, 0.2) is 5.76 Å². The van der Waals surface area contributed by atoms with Crippen molar-refractivity contribution in [3.05, 3.63) is 83.8 Å². The van der Waals surface area contributed by atoms with E-state index in [1.54, 1.807) is 36.3 Å². The van der Waals surface area contributed by atoms with Crippen molar-refractivity contribution in [1.82, 2.24) is 0 Å². The molecule has 0 spiro atoms. The van der Waals surface area contributed by atoms with Gasteiger partial charge in [0.05, 0.1) is 32.4 Å². The molecule has 0 bridgehead atoms. The van der Waals surface area contributed by atoms with Gasteiger partial charge in [-0.2, -0.15) is 0 Å². The summed E-state index contributed by atoms with van der Waals surface area (Å²) in [7, 11) is 2.84. The molecule has 4 rings (SSSR count). The van der Waals surface area contributed by atoms with Crippen LogP contribution in [0, 0.1) is 5.92 Å². The molecule has 1 aliphatic heterocycles. The molecule has 0 saturated carbocycles. The first-order valence-corrected chi connectivity index (χ1v) is 10.9. The van der Waals surface area contributed by atoms with E-state index in [-0.39, 0.29) is 30.3 Å². The molecule has 1 fully saturated rings. The molecule has 176 valence electrons. The monoisotopic (exact) mass is 463 g/mol. The van der Waals surface area contributed by atoms with Gasteiger partial charge in [0, 0.05) is 12.1 Å². The molecule has 1 amide bonds. The Balaban J connectivity index is 1.62. The number of benzene rings is 2. The van der Waals surface area contributed by atoms with Gasteiger partial charge >= 0.3 is 11.9 Å². The predicted octanol–water partition coefficient (Wildman–Crippen LogP) is 4.30. The Morgan fingerprint density at radius 3 is 2.44 bits per heavy atom. The minimum atomic E-state index is -0.612. The van der Waals surface area contributed by atoms with Crippen LogP contribution in [0.15, 0.2) is 71.3 Å². The minimum Gasteiger partial charge on any atom is -0.497 e. The van der Waals surface area contributed by atoms with Gasteiger partial charge in [-0.05, 0) is 42.3 Å². The standard InChI is InChI=1S/C26H25NO7/c1-31-19-10-8-18(9-11-19)27-23(28)13-12-21(24(27)17-6-4-3-5-7-17)26(30)34-16-22-20(14-15-33-22)25(29)32-2/h3-11,14-15,21,24H,12-13,16H2,1-2H3. The van der Waals surface area contributed by atoms with Crippen LogP contribution in [-0.2, 0) is 25.7 Å². The molecule has 3 aromatic rings. The number of carbonyl (C=O) groups is 3. The summed E-state index contributed by atoms with van der Waals surface area (Å²) in [6, 6.07) is 17.5. The number of rotatable bonds is 7. The first-order valence-electron chi connectivity index (χ1n) is 10.9. The van der Waals surface area contributed by atoms with Crippen molar-refractivity contribution in [3.63, 3.8) is 0 Å². The van der Waals surface area contributed by atoms with Crippen LogP contribution < -0.4 is 9.64 Å². The summed E-state index contributed by atoms with van der Waals surface area (Å²) in [5.41, 5.74) is 1.69. The Morgan fingerprint density at radius 1 is 1.03 bits per heavy atom. The average molecular weight is 463 g/mol. The highest BCUT2D eigenvalue weighted by Gasteiger charge is 2.42. The van der Waals surface area contributed by atoms with Gasteiger partial charge in [0.1, 0.15) is 17.9 Å². The summed E-state index contributed by atoms with van der Waals surface area (Å²) < 4.78 is 20.9. The fourth-order valence-electron chi connectivity index (χ4n) is 4.21. The van der Waals surface area contributed by atoms with E-state index in [1.807, 2.05) is 30.3 Å². The smallest absolute Gasteiger partial charge is 0.341 e. The molecule has 34 heavy (non-hydrogen) atoms. The second-order valence-corrected chi connectivity index (χ2v) is 7.82. The van der Waals surface area contributed by atoms with E-state index in [2.05, 4.69) is 0 Å². The Hall–Kier alpha value is -4.07. The van der Waals surface area contributed by atoms with Crippen molar-refractivity contribution in [2.45, 2.75) is 25.5 Å². The number of carbonyl (C=O) groups excluding carboxylic acids is 3. The lowest BCUT2D eigenvalue weighted by atomic mass is 9.84. The molecule has 2 atom stereocenters. The molecular weight excluding hydrogens is 438 g/mol. The third kappa shape index (κ3) is 4.66. The molecule has 0 N–H and O–H groups in total. The number of amides is 1. The van der Waals surface area contributed by atoms with Crippen molar-refractivity contribution in [2.75, 3.05) is 19.1 Å². The van der Waals surface area contributed by atoms with Crippen LogP contribution in [0.5, 0.6) is 5.75 Å². The molecule has 2 aromatic carbocycles. The summed E-state index contributed by atoms with van der Waals surface area (Å²) in [4.78, 5) is 39.9. The number of anilines is 1. The van der Waals surface area contributed by atoms with E-state index >= 15 is 0 Å². The highest BCUT2D eigenvalue weighted by Crippen LogP contribution is 2.41. The fraction of sp³-hybridized carbons (Fsp3) is 0.269. The van der Waals surface area contributed by atoms with Crippen molar-refractivity contribution < 1.29 is 33.0 Å². The van der Waals surface area contributed by atoms with Gasteiger partial charge in [0.2, 0.25) is 5.91 Å². The maximum atomic E-state index is 13.3. The zero-order valence-corrected chi connectivity index (χ0v) is 18.9. The Morgan fingerprint density at radius 2 is 1.76 bits per heavy atom. The third-order valence-corrected chi connectivity index (χ3v) is 5.89. The zero-order valence-electron chi connectivity index (χ0n) is 18.9. The Kier molecular flexibility index (Phi) is 6.96. The highest BCUT2D eigenvalue weighted by atomic mass is 16.5. The van der Waals surface area contributed by atoms with E-state index in [9.17, 15) is 14.4 Å². The quantitative estimate of drug-likeness (QED) is 0.482. The van der Waals surface area contributed by atoms with Gasteiger partial charge in [-0.15, -0.1) is 0 Å². The van der Waals surface area contributed by atoms with Crippen LogP contribution in [0.25, 0.3) is 0 Å². The first-order chi connectivity index (χ1) is 16.5. The van der Waals surface area contributed by atoms with Crippen LogP contribution in [-0.4, -0.2) is 32.1 Å². The molecule has 1 aliphatic rings. The lowest BCUT2D eigenvalue weighted by Gasteiger charge is -2.40. The fourth-order valence-corrected chi connectivity index (χ4v) is 4.21. The Labute approximate surface area is 197 Å². The second kappa shape index (κ2) is 10.2. The molecule has 8 heteroatoms. The number of furan rings is 1.